The van der Waals surface area contributed by atoms with Crippen LogP contribution in [0.1, 0.15) is 18.4 Å². The second-order valence-corrected chi connectivity index (χ2v) is 5.82. The molecule has 4 N–H and O–H groups in total. The van der Waals surface area contributed by atoms with Crippen molar-refractivity contribution in [3.63, 3.8) is 0 Å². The first-order chi connectivity index (χ1) is 7.95. The zero-order valence-corrected chi connectivity index (χ0v) is 9.98. The zero-order chi connectivity index (χ0) is 12.6. The number of hydrogen-bond acceptors (Lipinski definition) is 5. The molecule has 0 aliphatic heterocycles. The molecule has 0 amide bonds. The molecule has 1 heterocycles. The van der Waals surface area contributed by atoms with Crippen LogP contribution in [0.4, 0.5) is 5.82 Å². The van der Waals surface area contributed by atoms with Gasteiger partial charge >= 0.3 is 0 Å². The van der Waals surface area contributed by atoms with E-state index >= 15 is 0 Å². The average molecular weight is 259 g/mol. The summed E-state index contributed by atoms with van der Waals surface area (Å²) < 4.78 is 27.3. The summed E-state index contributed by atoms with van der Waals surface area (Å²) in [5.41, 5.74) is 5.68. The molecule has 0 saturated heterocycles. The monoisotopic (exact) mass is 259 g/mol. The first kappa shape index (κ1) is 11.7. The van der Waals surface area contributed by atoms with Gasteiger partial charge in [-0.25, -0.2) is 8.42 Å². The van der Waals surface area contributed by atoms with E-state index in [1.54, 1.807) is 7.05 Å². The van der Waals surface area contributed by atoms with Gasteiger partial charge in [-0.05, 0) is 12.8 Å². The van der Waals surface area contributed by atoms with E-state index in [0.29, 0.717) is 12.8 Å². The maximum absolute atomic E-state index is 11.8. The standard InChI is InChI=1S/C8H13N5O3S/c1-13-8(6(4-10-13)7(9)11-14)12-17(15,16)5-2-3-5/h4-5,12,14H,2-3H2,1H3,(H2,9,11). The highest BCUT2D eigenvalue weighted by molar-refractivity contribution is 7.93. The van der Waals surface area contributed by atoms with Crippen molar-refractivity contribution in [2.75, 3.05) is 4.72 Å². The van der Waals surface area contributed by atoms with Crippen LogP contribution in [-0.4, -0.2) is 34.5 Å². The number of aryl methyl sites for hydroxylation is 1. The fourth-order valence-corrected chi connectivity index (χ4v) is 2.83. The maximum atomic E-state index is 11.8. The van der Waals surface area contributed by atoms with E-state index in [4.69, 9.17) is 10.9 Å². The Labute approximate surface area is 98.2 Å². The van der Waals surface area contributed by atoms with Crippen LogP contribution in [0.25, 0.3) is 0 Å². The van der Waals surface area contributed by atoms with E-state index in [2.05, 4.69) is 15.0 Å². The third-order valence-electron chi connectivity index (χ3n) is 2.52. The lowest BCUT2D eigenvalue weighted by Crippen LogP contribution is -2.22. The molecule has 0 spiro atoms. The van der Waals surface area contributed by atoms with Crippen LogP contribution in [0.2, 0.25) is 0 Å². The molecule has 94 valence electrons. The number of aromatic nitrogens is 2. The molecule has 0 radical (unpaired) electrons. The van der Waals surface area contributed by atoms with Crippen LogP contribution in [0.5, 0.6) is 0 Å². The molecule has 0 unspecified atom stereocenters. The minimum absolute atomic E-state index is 0.188. The summed E-state index contributed by atoms with van der Waals surface area (Å²) in [6.45, 7) is 0. The van der Waals surface area contributed by atoms with Crippen molar-refractivity contribution in [3.05, 3.63) is 11.8 Å². The van der Waals surface area contributed by atoms with Crippen LogP contribution in [0.15, 0.2) is 11.4 Å². The molecule has 8 nitrogen and oxygen atoms in total. The molecule has 1 fully saturated rings. The van der Waals surface area contributed by atoms with Gasteiger partial charge in [0.2, 0.25) is 10.0 Å². The smallest absolute Gasteiger partial charge is 0.236 e. The van der Waals surface area contributed by atoms with E-state index in [0.717, 1.165) is 0 Å². The predicted octanol–water partition coefficient (Wildman–Crippen LogP) is -0.581. The van der Waals surface area contributed by atoms with E-state index in [1.807, 2.05) is 0 Å². The van der Waals surface area contributed by atoms with Crippen LogP contribution in [0, 0.1) is 0 Å². The number of oxime groups is 1. The minimum Gasteiger partial charge on any atom is -0.409 e. The average Bonchev–Trinajstić information content (AvgIpc) is 3.06. The van der Waals surface area contributed by atoms with E-state index in [1.165, 1.54) is 10.9 Å². The molecule has 0 bridgehead atoms. The summed E-state index contributed by atoms with van der Waals surface area (Å²) in [6.07, 6.45) is 2.65. The molecule has 1 aromatic heterocycles. The fourth-order valence-electron chi connectivity index (χ4n) is 1.40. The van der Waals surface area contributed by atoms with Crippen molar-refractivity contribution in [1.29, 1.82) is 0 Å². The Morgan fingerprint density at radius 1 is 1.71 bits per heavy atom. The Balaban J connectivity index is 2.35. The third-order valence-corrected chi connectivity index (χ3v) is 4.35. The predicted molar refractivity (Wildman–Crippen MR) is 61.3 cm³/mol. The SMILES string of the molecule is Cn1ncc(C(N)=NO)c1NS(=O)(=O)C1CC1. The number of nitrogens with one attached hydrogen (secondary N) is 1. The van der Waals surface area contributed by atoms with Crippen molar-refractivity contribution < 1.29 is 13.6 Å². The van der Waals surface area contributed by atoms with Crippen molar-refractivity contribution in [2.45, 2.75) is 18.1 Å². The van der Waals surface area contributed by atoms with E-state index < -0.39 is 10.0 Å². The molecule has 2 rings (SSSR count). The number of nitrogens with zero attached hydrogens (tertiary/aromatic N) is 3. The van der Waals surface area contributed by atoms with Crippen LogP contribution < -0.4 is 10.5 Å². The Hall–Kier alpha value is -1.77. The van der Waals surface area contributed by atoms with Gasteiger partial charge in [-0.1, -0.05) is 5.16 Å². The van der Waals surface area contributed by atoms with Gasteiger partial charge in [0.05, 0.1) is 17.0 Å². The van der Waals surface area contributed by atoms with Crippen LogP contribution >= 0.6 is 0 Å². The Morgan fingerprint density at radius 2 is 2.35 bits per heavy atom. The molecule has 0 atom stereocenters. The normalized spacial score (nSPS) is 17.1. The molecule has 0 aromatic carbocycles. The lowest BCUT2D eigenvalue weighted by molar-refractivity contribution is 0.318. The summed E-state index contributed by atoms with van der Waals surface area (Å²) in [4.78, 5) is 0. The molecule has 17 heavy (non-hydrogen) atoms. The van der Waals surface area contributed by atoms with Gasteiger partial charge in [0.1, 0.15) is 5.82 Å². The lowest BCUT2D eigenvalue weighted by atomic mass is 10.3. The highest BCUT2D eigenvalue weighted by atomic mass is 32.2. The molecular weight excluding hydrogens is 246 g/mol. The van der Waals surface area contributed by atoms with E-state index in [9.17, 15) is 8.42 Å². The van der Waals surface area contributed by atoms with Gasteiger partial charge in [0, 0.05) is 7.05 Å². The third kappa shape index (κ3) is 2.18. The van der Waals surface area contributed by atoms with Crippen molar-refractivity contribution in [1.82, 2.24) is 9.78 Å². The Morgan fingerprint density at radius 3 is 2.88 bits per heavy atom. The summed E-state index contributed by atoms with van der Waals surface area (Å²) in [7, 11) is -1.83. The minimum atomic E-state index is -3.40. The topological polar surface area (TPSA) is 123 Å². The number of amidine groups is 1. The fraction of sp³-hybridized carbons (Fsp3) is 0.500. The molecule has 1 aromatic rings. The number of anilines is 1. The number of nitrogens with two attached hydrogens (primary N) is 1. The largest absolute Gasteiger partial charge is 0.409 e. The number of sulfonamides is 1. The second-order valence-electron chi connectivity index (χ2n) is 3.86. The lowest BCUT2D eigenvalue weighted by Gasteiger charge is -2.08. The van der Waals surface area contributed by atoms with Gasteiger partial charge in [-0.3, -0.25) is 9.40 Å². The second kappa shape index (κ2) is 3.91. The van der Waals surface area contributed by atoms with Gasteiger partial charge in [-0.15, -0.1) is 0 Å². The summed E-state index contributed by atoms with van der Waals surface area (Å²) in [5, 5.41) is 14.9. The Kier molecular flexibility index (Phi) is 2.69. The highest BCUT2D eigenvalue weighted by Gasteiger charge is 2.36. The summed E-state index contributed by atoms with van der Waals surface area (Å²) in [6, 6.07) is 0. The molecular formula is C8H13N5O3S. The molecule has 1 aliphatic rings. The van der Waals surface area contributed by atoms with Crippen molar-refractivity contribution >= 4 is 21.7 Å². The Bertz CT molecular complexity index is 558. The van der Waals surface area contributed by atoms with E-state index in [-0.39, 0.29) is 22.5 Å². The van der Waals surface area contributed by atoms with Gasteiger partial charge in [0.25, 0.3) is 0 Å². The molecule has 1 aliphatic carbocycles. The maximum Gasteiger partial charge on any atom is 0.236 e. The van der Waals surface area contributed by atoms with Crippen molar-refractivity contribution in [3.8, 4) is 0 Å². The van der Waals surface area contributed by atoms with Crippen molar-refractivity contribution in [2.24, 2.45) is 17.9 Å². The quantitative estimate of drug-likeness (QED) is 0.289. The van der Waals surface area contributed by atoms with Crippen LogP contribution in [-0.2, 0) is 17.1 Å². The number of hydrogen-bond donors (Lipinski definition) is 3. The zero-order valence-electron chi connectivity index (χ0n) is 9.16. The van der Waals surface area contributed by atoms with Gasteiger partial charge in [-0.2, -0.15) is 5.10 Å². The molecule has 9 heteroatoms. The highest BCUT2D eigenvalue weighted by Crippen LogP contribution is 2.30. The summed E-state index contributed by atoms with van der Waals surface area (Å²) in [5.74, 6) is 0.0128. The molecule has 1 saturated carbocycles. The first-order valence-electron chi connectivity index (χ1n) is 4.97. The first-order valence-corrected chi connectivity index (χ1v) is 6.52. The van der Waals surface area contributed by atoms with Crippen LogP contribution in [0.3, 0.4) is 0 Å². The van der Waals surface area contributed by atoms with Gasteiger partial charge in [0.15, 0.2) is 5.84 Å². The van der Waals surface area contributed by atoms with Gasteiger partial charge < -0.3 is 10.9 Å². The summed E-state index contributed by atoms with van der Waals surface area (Å²) >= 11 is 0. The number of rotatable bonds is 4.